The van der Waals surface area contributed by atoms with Crippen LogP contribution >= 0.6 is 11.8 Å². The van der Waals surface area contributed by atoms with Crippen LogP contribution in [-0.2, 0) is 5.75 Å². The van der Waals surface area contributed by atoms with Crippen LogP contribution in [0, 0.1) is 6.92 Å². The second kappa shape index (κ2) is 9.96. The monoisotopic (exact) mass is 464 g/mol. The van der Waals surface area contributed by atoms with Crippen LogP contribution in [0.15, 0.2) is 63.2 Å². The average molecular weight is 465 g/mol. The van der Waals surface area contributed by atoms with Gasteiger partial charge in [0.25, 0.3) is 5.91 Å². The molecule has 0 bridgehead atoms. The first kappa shape index (κ1) is 22.0. The van der Waals surface area contributed by atoms with Gasteiger partial charge in [0.15, 0.2) is 5.69 Å². The van der Waals surface area contributed by atoms with E-state index in [4.69, 9.17) is 10.5 Å². The number of amides is 1. The lowest BCUT2D eigenvalue weighted by Gasteiger charge is -2.06. The first-order valence-corrected chi connectivity index (χ1v) is 10.7. The molecule has 0 fully saturated rings. The lowest BCUT2D eigenvalue weighted by molar-refractivity contribution is 0.0949. The van der Waals surface area contributed by atoms with Crippen LogP contribution in [-0.4, -0.2) is 44.5 Å². The van der Waals surface area contributed by atoms with E-state index in [1.165, 1.54) is 22.7 Å². The molecular weight excluding hydrogens is 444 g/mol. The molecule has 4 rings (SSSR count). The van der Waals surface area contributed by atoms with Gasteiger partial charge in [0, 0.05) is 10.6 Å². The highest BCUT2D eigenvalue weighted by atomic mass is 32.2. The number of rotatable bonds is 8. The van der Waals surface area contributed by atoms with Gasteiger partial charge in [-0.3, -0.25) is 4.79 Å². The van der Waals surface area contributed by atoms with E-state index in [9.17, 15) is 4.79 Å². The zero-order valence-corrected chi connectivity index (χ0v) is 18.6. The lowest BCUT2D eigenvalue weighted by Crippen LogP contribution is -2.20. The van der Waals surface area contributed by atoms with Gasteiger partial charge in [-0.1, -0.05) is 35.0 Å². The molecule has 1 amide bonds. The number of hydrogen-bond donors (Lipinski definition) is 2. The SMILES string of the molecule is COc1cccc(/C=N\NC(=O)c2nnn(-c3nonc3N)c2CSc2ccc(C)cc2)c1. The molecule has 2 aromatic heterocycles. The van der Waals surface area contributed by atoms with Gasteiger partial charge in [-0.25, -0.2) is 10.1 Å². The molecule has 0 aliphatic heterocycles. The molecule has 0 saturated carbocycles. The second-order valence-corrected chi connectivity index (χ2v) is 7.90. The maximum absolute atomic E-state index is 12.8. The number of hydrazone groups is 1. The van der Waals surface area contributed by atoms with Crippen LogP contribution in [0.3, 0.4) is 0 Å². The molecular formula is C21H20N8O3S. The summed E-state index contributed by atoms with van der Waals surface area (Å²) in [6, 6.07) is 15.3. The maximum Gasteiger partial charge on any atom is 0.293 e. The highest BCUT2D eigenvalue weighted by Crippen LogP contribution is 2.26. The number of benzene rings is 2. The number of carbonyl (C=O) groups is 1. The molecule has 4 aromatic rings. The number of aromatic nitrogens is 5. The zero-order valence-electron chi connectivity index (χ0n) is 17.8. The van der Waals surface area contributed by atoms with E-state index in [0.29, 0.717) is 17.2 Å². The minimum atomic E-state index is -0.532. The van der Waals surface area contributed by atoms with Crippen LogP contribution in [0.5, 0.6) is 5.75 Å². The number of nitrogen functional groups attached to an aromatic ring is 1. The van der Waals surface area contributed by atoms with Gasteiger partial charge in [0.05, 0.1) is 19.0 Å². The molecule has 33 heavy (non-hydrogen) atoms. The summed E-state index contributed by atoms with van der Waals surface area (Å²) >= 11 is 1.51. The van der Waals surface area contributed by atoms with E-state index < -0.39 is 5.91 Å². The van der Waals surface area contributed by atoms with Crippen molar-refractivity contribution in [2.75, 3.05) is 12.8 Å². The van der Waals surface area contributed by atoms with Crippen molar-refractivity contribution in [1.82, 2.24) is 30.7 Å². The third-order valence-corrected chi connectivity index (χ3v) is 5.57. The number of methoxy groups -OCH3 is 1. The van der Waals surface area contributed by atoms with Crippen molar-refractivity contribution in [3.05, 3.63) is 71.0 Å². The van der Waals surface area contributed by atoms with Crippen molar-refractivity contribution in [2.24, 2.45) is 5.10 Å². The first-order valence-electron chi connectivity index (χ1n) is 9.75. The number of carbonyl (C=O) groups excluding carboxylic acids is 1. The summed E-state index contributed by atoms with van der Waals surface area (Å²) in [5.41, 5.74) is 10.8. The largest absolute Gasteiger partial charge is 0.497 e. The smallest absolute Gasteiger partial charge is 0.293 e. The van der Waals surface area contributed by atoms with Crippen LogP contribution in [0.1, 0.15) is 27.3 Å². The molecule has 2 heterocycles. The highest BCUT2D eigenvalue weighted by molar-refractivity contribution is 7.98. The Labute approximate surface area is 193 Å². The summed E-state index contributed by atoms with van der Waals surface area (Å²) in [5, 5.41) is 19.4. The number of thioether (sulfide) groups is 1. The molecule has 11 nitrogen and oxygen atoms in total. The van der Waals surface area contributed by atoms with E-state index in [1.807, 2.05) is 49.4 Å². The Hall–Kier alpha value is -4.19. The van der Waals surface area contributed by atoms with Gasteiger partial charge in [0.2, 0.25) is 11.6 Å². The predicted molar refractivity (Wildman–Crippen MR) is 122 cm³/mol. The zero-order chi connectivity index (χ0) is 23.2. The highest BCUT2D eigenvalue weighted by Gasteiger charge is 2.24. The third kappa shape index (κ3) is 5.18. The molecule has 0 radical (unpaired) electrons. The van der Waals surface area contributed by atoms with Crippen molar-refractivity contribution in [1.29, 1.82) is 0 Å². The van der Waals surface area contributed by atoms with Crippen LogP contribution in [0.25, 0.3) is 5.82 Å². The molecule has 12 heteroatoms. The number of ether oxygens (including phenoxy) is 1. The standard InChI is InChI=1S/C21H20N8O3S/c1-13-6-8-16(9-7-13)33-12-17-18(24-28-29(17)20-19(22)26-32-27-20)21(30)25-23-11-14-4-3-5-15(10-14)31-2/h3-11H,12H2,1-2H3,(H2,22,26)(H,25,30)/b23-11-. The van der Waals surface area contributed by atoms with Crippen molar-refractivity contribution in [2.45, 2.75) is 17.6 Å². The fourth-order valence-electron chi connectivity index (χ4n) is 2.84. The molecule has 0 unspecified atom stereocenters. The number of nitrogens with zero attached hydrogens (tertiary/aromatic N) is 6. The Balaban J connectivity index is 1.56. The lowest BCUT2D eigenvalue weighted by atomic mass is 10.2. The van der Waals surface area contributed by atoms with Crippen molar-refractivity contribution in [3.63, 3.8) is 0 Å². The number of nitrogens with one attached hydrogen (secondary N) is 1. The summed E-state index contributed by atoms with van der Waals surface area (Å²) in [6.45, 7) is 2.02. The third-order valence-electron chi connectivity index (χ3n) is 4.54. The Morgan fingerprint density at radius 1 is 1.27 bits per heavy atom. The normalized spacial score (nSPS) is 11.1. The molecule has 0 saturated heterocycles. The van der Waals surface area contributed by atoms with Crippen molar-refractivity contribution < 1.29 is 14.2 Å². The van der Waals surface area contributed by atoms with Gasteiger partial charge in [0.1, 0.15) is 5.75 Å². The van der Waals surface area contributed by atoms with Gasteiger partial charge in [-0.05, 0) is 47.1 Å². The average Bonchev–Trinajstić information content (AvgIpc) is 3.44. The summed E-state index contributed by atoms with van der Waals surface area (Å²) in [7, 11) is 1.58. The predicted octanol–water partition coefficient (Wildman–Crippen LogP) is 2.61. The fourth-order valence-corrected chi connectivity index (χ4v) is 3.73. The minimum Gasteiger partial charge on any atom is -0.497 e. The topological polar surface area (TPSA) is 146 Å². The Kier molecular flexibility index (Phi) is 6.64. The fraction of sp³-hybridized carbons (Fsp3) is 0.143. The van der Waals surface area contributed by atoms with Crippen LogP contribution in [0.4, 0.5) is 5.82 Å². The van der Waals surface area contributed by atoms with Gasteiger partial charge in [-0.15, -0.1) is 16.9 Å². The van der Waals surface area contributed by atoms with Gasteiger partial charge in [-0.2, -0.15) is 9.78 Å². The summed E-state index contributed by atoms with van der Waals surface area (Å²) in [5.74, 6) is 0.702. The van der Waals surface area contributed by atoms with Crippen molar-refractivity contribution in [3.8, 4) is 11.6 Å². The number of nitrogens with two attached hydrogens (primary N) is 1. The molecule has 0 spiro atoms. The van der Waals surface area contributed by atoms with E-state index >= 15 is 0 Å². The maximum atomic E-state index is 12.8. The Bertz CT molecular complexity index is 1280. The molecule has 0 aliphatic rings. The summed E-state index contributed by atoms with van der Waals surface area (Å²) < 4.78 is 11.2. The van der Waals surface area contributed by atoms with E-state index in [1.54, 1.807) is 13.2 Å². The number of aryl methyl sites for hydroxylation is 1. The first-order chi connectivity index (χ1) is 16.0. The van der Waals surface area contributed by atoms with Crippen LogP contribution < -0.4 is 15.9 Å². The molecule has 0 atom stereocenters. The molecule has 0 aliphatic carbocycles. The second-order valence-electron chi connectivity index (χ2n) is 6.85. The Morgan fingerprint density at radius 2 is 2.09 bits per heavy atom. The minimum absolute atomic E-state index is 0.0319. The number of hydrogen-bond acceptors (Lipinski definition) is 10. The van der Waals surface area contributed by atoms with Gasteiger partial charge < -0.3 is 10.5 Å². The van der Waals surface area contributed by atoms with Gasteiger partial charge >= 0.3 is 0 Å². The quantitative estimate of drug-likeness (QED) is 0.228. The molecule has 2 aromatic carbocycles. The van der Waals surface area contributed by atoms with E-state index in [-0.39, 0.29) is 17.3 Å². The van der Waals surface area contributed by atoms with E-state index in [2.05, 4.69) is 35.8 Å². The molecule has 168 valence electrons. The van der Waals surface area contributed by atoms with E-state index in [0.717, 1.165) is 16.0 Å². The van der Waals surface area contributed by atoms with Crippen LogP contribution in [0.2, 0.25) is 0 Å². The Morgan fingerprint density at radius 3 is 2.82 bits per heavy atom. The number of anilines is 1. The summed E-state index contributed by atoms with van der Waals surface area (Å²) in [6.07, 6.45) is 1.51. The molecule has 3 N–H and O–H groups in total. The summed E-state index contributed by atoms with van der Waals surface area (Å²) in [4.78, 5) is 13.9. The van der Waals surface area contributed by atoms with Crippen molar-refractivity contribution >= 4 is 29.7 Å².